The first-order valence-corrected chi connectivity index (χ1v) is 10.4. The molecule has 0 saturated heterocycles. The fourth-order valence-corrected chi connectivity index (χ4v) is 3.35. The van der Waals surface area contributed by atoms with Crippen LogP contribution in [0.1, 0.15) is 44.5 Å². The Morgan fingerprint density at radius 1 is 1.03 bits per heavy atom. The van der Waals surface area contributed by atoms with E-state index in [-0.39, 0.29) is 11.8 Å². The zero-order chi connectivity index (χ0) is 20.6. The number of carbonyl (C=O) groups excluding carboxylic acids is 2. The minimum atomic E-state index is -0.204. The normalized spacial score (nSPS) is 10.4. The summed E-state index contributed by atoms with van der Waals surface area (Å²) in [7, 11) is 0. The molecule has 0 saturated carbocycles. The fraction of sp³-hybridized carbons (Fsp3) is 0.217. The van der Waals surface area contributed by atoms with Gasteiger partial charge in [-0.25, -0.2) is 0 Å². The molecule has 5 nitrogen and oxygen atoms in total. The smallest absolute Gasteiger partial charge is 0.261 e. The van der Waals surface area contributed by atoms with Crippen LogP contribution in [-0.2, 0) is 6.54 Å². The first kappa shape index (κ1) is 20.6. The van der Waals surface area contributed by atoms with Gasteiger partial charge in [0.05, 0.1) is 17.2 Å². The fourth-order valence-electron chi connectivity index (χ4n) is 2.71. The molecule has 0 fully saturated rings. The van der Waals surface area contributed by atoms with E-state index in [0.29, 0.717) is 35.0 Å². The highest BCUT2D eigenvalue weighted by Crippen LogP contribution is 2.26. The number of carbonyl (C=O) groups is 2. The summed E-state index contributed by atoms with van der Waals surface area (Å²) in [6, 6.07) is 16.5. The second kappa shape index (κ2) is 9.89. The first-order chi connectivity index (χ1) is 14.1. The second-order valence-electron chi connectivity index (χ2n) is 6.66. The number of ether oxygens (including phenoxy) is 1. The van der Waals surface area contributed by atoms with Crippen LogP contribution in [0, 0.1) is 6.92 Å². The van der Waals surface area contributed by atoms with Crippen molar-refractivity contribution < 1.29 is 14.3 Å². The van der Waals surface area contributed by atoms with Crippen LogP contribution in [0.25, 0.3) is 0 Å². The van der Waals surface area contributed by atoms with Gasteiger partial charge in [0.25, 0.3) is 11.8 Å². The number of nitrogens with one attached hydrogen (secondary N) is 2. The van der Waals surface area contributed by atoms with E-state index in [2.05, 4.69) is 10.6 Å². The summed E-state index contributed by atoms with van der Waals surface area (Å²) in [5, 5.41) is 7.67. The molecule has 0 unspecified atom stereocenters. The van der Waals surface area contributed by atoms with Crippen molar-refractivity contribution in [3.8, 4) is 5.75 Å². The maximum absolute atomic E-state index is 12.6. The molecule has 0 aliphatic rings. The average Bonchev–Trinajstić information content (AvgIpc) is 3.27. The predicted octanol–water partition coefficient (Wildman–Crippen LogP) is 5.03. The Kier molecular flexibility index (Phi) is 7.03. The van der Waals surface area contributed by atoms with Crippen LogP contribution in [-0.4, -0.2) is 18.4 Å². The average molecular weight is 409 g/mol. The van der Waals surface area contributed by atoms with Gasteiger partial charge in [0, 0.05) is 12.1 Å². The minimum absolute atomic E-state index is 0.0965. The summed E-state index contributed by atoms with van der Waals surface area (Å²) in [6.07, 6.45) is 0.895. The molecule has 2 aromatic carbocycles. The molecule has 0 spiro atoms. The highest BCUT2D eigenvalue weighted by molar-refractivity contribution is 7.12. The van der Waals surface area contributed by atoms with E-state index in [9.17, 15) is 9.59 Å². The van der Waals surface area contributed by atoms with E-state index >= 15 is 0 Å². The molecule has 29 heavy (non-hydrogen) atoms. The molecular weight excluding hydrogens is 384 g/mol. The van der Waals surface area contributed by atoms with Gasteiger partial charge in [0.15, 0.2) is 0 Å². The maximum Gasteiger partial charge on any atom is 0.261 e. The standard InChI is InChI=1S/C23H24N2O3S/c1-3-12-28-20-14-16(2)6-11-19(20)25-22(26)18-9-7-17(8-10-18)15-24-23(27)21-5-4-13-29-21/h4-11,13-14H,3,12,15H2,1-2H3,(H,24,27)(H,25,26). The predicted molar refractivity (Wildman–Crippen MR) is 117 cm³/mol. The SMILES string of the molecule is CCCOc1cc(C)ccc1NC(=O)c1ccc(CNC(=O)c2cccs2)cc1. The lowest BCUT2D eigenvalue weighted by Gasteiger charge is -2.13. The van der Waals surface area contributed by atoms with Gasteiger partial charge in [-0.1, -0.05) is 31.2 Å². The van der Waals surface area contributed by atoms with Gasteiger partial charge in [0.1, 0.15) is 5.75 Å². The van der Waals surface area contributed by atoms with Crippen molar-refractivity contribution in [3.05, 3.63) is 81.5 Å². The molecule has 150 valence electrons. The number of hydrogen-bond acceptors (Lipinski definition) is 4. The number of benzene rings is 2. The third kappa shape index (κ3) is 5.68. The van der Waals surface area contributed by atoms with Crippen LogP contribution in [0.5, 0.6) is 5.75 Å². The van der Waals surface area contributed by atoms with Crippen LogP contribution < -0.4 is 15.4 Å². The topological polar surface area (TPSA) is 67.4 Å². The van der Waals surface area contributed by atoms with Crippen molar-refractivity contribution in [3.63, 3.8) is 0 Å². The second-order valence-corrected chi connectivity index (χ2v) is 7.61. The van der Waals surface area contributed by atoms with Crippen molar-refractivity contribution in [2.75, 3.05) is 11.9 Å². The van der Waals surface area contributed by atoms with Gasteiger partial charge >= 0.3 is 0 Å². The molecule has 3 aromatic rings. The highest BCUT2D eigenvalue weighted by atomic mass is 32.1. The lowest BCUT2D eigenvalue weighted by Crippen LogP contribution is -2.21. The van der Waals surface area contributed by atoms with Gasteiger partial charge in [0.2, 0.25) is 0 Å². The lowest BCUT2D eigenvalue weighted by molar-refractivity contribution is 0.0953. The Bertz CT molecular complexity index is 966. The van der Waals surface area contributed by atoms with Crippen LogP contribution in [0.4, 0.5) is 5.69 Å². The Morgan fingerprint density at radius 3 is 2.52 bits per heavy atom. The summed E-state index contributed by atoms with van der Waals surface area (Å²) in [5.74, 6) is 0.373. The van der Waals surface area contributed by atoms with Crippen molar-refractivity contribution in [1.29, 1.82) is 0 Å². The highest BCUT2D eigenvalue weighted by Gasteiger charge is 2.11. The van der Waals surface area contributed by atoms with Crippen molar-refractivity contribution in [1.82, 2.24) is 5.32 Å². The maximum atomic E-state index is 12.6. The Hall–Kier alpha value is -3.12. The molecule has 0 bridgehead atoms. The van der Waals surface area contributed by atoms with Gasteiger partial charge < -0.3 is 15.4 Å². The third-order valence-corrected chi connectivity index (χ3v) is 5.13. The summed E-state index contributed by atoms with van der Waals surface area (Å²) in [6.45, 7) is 5.03. The third-order valence-electron chi connectivity index (χ3n) is 4.26. The van der Waals surface area contributed by atoms with Crippen LogP contribution in [0.2, 0.25) is 0 Å². The summed E-state index contributed by atoms with van der Waals surface area (Å²) < 4.78 is 5.75. The minimum Gasteiger partial charge on any atom is -0.491 e. The van der Waals surface area contributed by atoms with Gasteiger partial charge in [-0.3, -0.25) is 9.59 Å². The number of rotatable bonds is 8. The Balaban J connectivity index is 1.61. The van der Waals surface area contributed by atoms with Crippen molar-refractivity contribution in [2.45, 2.75) is 26.8 Å². The molecule has 0 radical (unpaired) electrons. The van der Waals surface area contributed by atoms with Gasteiger partial charge in [-0.05, 0) is 60.2 Å². The molecule has 3 rings (SSSR count). The van der Waals surface area contributed by atoms with Crippen molar-refractivity contribution >= 4 is 28.8 Å². The number of hydrogen-bond donors (Lipinski definition) is 2. The van der Waals surface area contributed by atoms with Crippen LogP contribution in [0.3, 0.4) is 0 Å². The molecule has 6 heteroatoms. The van der Waals surface area contributed by atoms with Gasteiger partial charge in [-0.2, -0.15) is 0 Å². The molecular formula is C23H24N2O3S. The summed E-state index contributed by atoms with van der Waals surface area (Å²) >= 11 is 1.40. The monoisotopic (exact) mass is 408 g/mol. The first-order valence-electron chi connectivity index (χ1n) is 9.52. The Labute approximate surface area is 174 Å². The molecule has 0 aliphatic heterocycles. The van der Waals surface area contributed by atoms with Gasteiger partial charge in [-0.15, -0.1) is 11.3 Å². The lowest BCUT2D eigenvalue weighted by atomic mass is 10.1. The summed E-state index contributed by atoms with van der Waals surface area (Å²) in [4.78, 5) is 25.3. The number of amides is 2. The van der Waals surface area contributed by atoms with E-state index in [1.165, 1.54) is 11.3 Å². The van der Waals surface area contributed by atoms with E-state index in [1.807, 2.05) is 55.6 Å². The number of thiophene rings is 1. The quantitative estimate of drug-likeness (QED) is 0.549. The van der Waals surface area contributed by atoms with E-state index in [1.54, 1.807) is 18.2 Å². The number of aryl methyl sites for hydroxylation is 1. The molecule has 2 amide bonds. The van der Waals surface area contributed by atoms with E-state index in [0.717, 1.165) is 17.5 Å². The number of anilines is 1. The summed E-state index contributed by atoms with van der Waals surface area (Å²) in [5.41, 5.74) is 3.19. The Morgan fingerprint density at radius 2 is 1.83 bits per heavy atom. The molecule has 1 heterocycles. The zero-order valence-corrected chi connectivity index (χ0v) is 17.3. The molecule has 2 N–H and O–H groups in total. The molecule has 1 aromatic heterocycles. The zero-order valence-electron chi connectivity index (χ0n) is 16.5. The van der Waals surface area contributed by atoms with E-state index in [4.69, 9.17) is 4.74 Å². The van der Waals surface area contributed by atoms with E-state index < -0.39 is 0 Å². The van der Waals surface area contributed by atoms with Crippen molar-refractivity contribution in [2.24, 2.45) is 0 Å². The largest absolute Gasteiger partial charge is 0.491 e. The molecule has 0 atom stereocenters. The van der Waals surface area contributed by atoms with Crippen LogP contribution in [0.15, 0.2) is 60.0 Å². The molecule has 0 aliphatic carbocycles. The van der Waals surface area contributed by atoms with Crippen LogP contribution >= 0.6 is 11.3 Å².